The number of ether oxygens (including phenoxy) is 2. The molecule has 1 aromatic rings. The highest BCUT2D eigenvalue weighted by Crippen LogP contribution is 2.20. The number of carbonyl (C=O) groups is 1. The van der Waals surface area contributed by atoms with Gasteiger partial charge in [0.25, 0.3) is 5.69 Å². The van der Waals surface area contributed by atoms with Crippen LogP contribution in [-0.2, 0) is 9.47 Å². The average Bonchev–Trinajstić information content (AvgIpc) is 2.89. The number of hydrogen-bond donors (Lipinski definition) is 0. The smallest absolute Gasteiger partial charge is 0.341 e. The summed E-state index contributed by atoms with van der Waals surface area (Å²) in [5, 5.41) is 10.5. The van der Waals surface area contributed by atoms with Crippen molar-refractivity contribution in [1.29, 1.82) is 0 Å². The summed E-state index contributed by atoms with van der Waals surface area (Å²) in [6, 6.07) is 1.05. The third-order valence-corrected chi connectivity index (χ3v) is 2.98. The van der Waals surface area contributed by atoms with E-state index in [0.29, 0.717) is 6.61 Å². The van der Waals surface area contributed by atoms with E-state index < -0.39 is 10.9 Å². The summed E-state index contributed by atoms with van der Waals surface area (Å²) in [7, 11) is 0. The Morgan fingerprint density at radius 3 is 3.11 bits per heavy atom. The van der Waals surface area contributed by atoms with Crippen molar-refractivity contribution in [2.75, 3.05) is 13.2 Å². The molecule has 0 spiro atoms. The molecule has 7 nitrogen and oxygen atoms in total. The van der Waals surface area contributed by atoms with E-state index in [4.69, 9.17) is 21.1 Å². The lowest BCUT2D eigenvalue weighted by Gasteiger charge is -2.10. The number of aromatic nitrogens is 1. The van der Waals surface area contributed by atoms with Crippen LogP contribution >= 0.6 is 11.6 Å². The van der Waals surface area contributed by atoms with Crippen molar-refractivity contribution in [3.8, 4) is 0 Å². The van der Waals surface area contributed by atoms with E-state index in [-0.39, 0.29) is 29.1 Å². The normalized spacial score (nSPS) is 18.3. The van der Waals surface area contributed by atoms with E-state index in [1.165, 1.54) is 0 Å². The summed E-state index contributed by atoms with van der Waals surface area (Å²) in [6.07, 6.45) is 2.63. The van der Waals surface area contributed by atoms with E-state index in [2.05, 4.69) is 4.98 Å². The van der Waals surface area contributed by atoms with Gasteiger partial charge in [0.15, 0.2) is 0 Å². The molecule has 0 aromatic carbocycles. The van der Waals surface area contributed by atoms with Crippen molar-refractivity contribution < 1.29 is 19.2 Å². The zero-order chi connectivity index (χ0) is 13.8. The molecule has 0 radical (unpaired) electrons. The highest BCUT2D eigenvalue weighted by molar-refractivity contribution is 6.32. The number of hydrogen-bond acceptors (Lipinski definition) is 6. The minimum absolute atomic E-state index is 0.109. The van der Waals surface area contributed by atoms with Crippen LogP contribution in [0.1, 0.15) is 23.2 Å². The maximum atomic E-state index is 11.8. The lowest BCUT2D eigenvalue weighted by molar-refractivity contribution is -0.385. The Morgan fingerprint density at radius 2 is 2.47 bits per heavy atom. The Hall–Kier alpha value is -1.73. The van der Waals surface area contributed by atoms with E-state index in [9.17, 15) is 14.9 Å². The summed E-state index contributed by atoms with van der Waals surface area (Å²) in [5.41, 5.74) is -0.428. The van der Waals surface area contributed by atoms with Gasteiger partial charge >= 0.3 is 5.97 Å². The zero-order valence-electron chi connectivity index (χ0n) is 9.87. The van der Waals surface area contributed by atoms with Gasteiger partial charge in [0.2, 0.25) is 0 Å². The molecule has 8 heteroatoms. The Balaban J connectivity index is 2.04. The molecule has 0 amide bonds. The van der Waals surface area contributed by atoms with Crippen LogP contribution in [-0.4, -0.2) is 35.2 Å². The monoisotopic (exact) mass is 286 g/mol. The maximum absolute atomic E-state index is 11.8. The molecule has 19 heavy (non-hydrogen) atoms. The van der Waals surface area contributed by atoms with Gasteiger partial charge in [-0.15, -0.1) is 0 Å². The van der Waals surface area contributed by atoms with Crippen LogP contribution in [0.5, 0.6) is 0 Å². The van der Waals surface area contributed by atoms with Crippen molar-refractivity contribution in [2.24, 2.45) is 0 Å². The van der Waals surface area contributed by atoms with Crippen molar-refractivity contribution in [3.05, 3.63) is 33.1 Å². The summed E-state index contributed by atoms with van der Waals surface area (Å²) in [6.45, 7) is 0.763. The van der Waals surface area contributed by atoms with Crippen LogP contribution < -0.4 is 0 Å². The second-order valence-corrected chi connectivity index (χ2v) is 4.38. The molecule has 102 valence electrons. The highest BCUT2D eigenvalue weighted by Gasteiger charge is 2.21. The van der Waals surface area contributed by atoms with Gasteiger partial charge in [0.05, 0.1) is 11.0 Å². The predicted molar refractivity (Wildman–Crippen MR) is 65.2 cm³/mol. The SMILES string of the molecule is O=C(OCC1CCCO1)c1cc([N+](=O)[O-])cnc1Cl. The molecule has 2 heterocycles. The van der Waals surface area contributed by atoms with Crippen molar-refractivity contribution in [3.63, 3.8) is 0 Å². The van der Waals surface area contributed by atoms with Gasteiger partial charge in [0.1, 0.15) is 23.5 Å². The molecular formula is C11H11ClN2O5. The van der Waals surface area contributed by atoms with Gasteiger partial charge < -0.3 is 9.47 Å². The van der Waals surface area contributed by atoms with Crippen molar-refractivity contribution in [1.82, 2.24) is 4.98 Å². The van der Waals surface area contributed by atoms with E-state index in [1.54, 1.807) is 0 Å². The minimum atomic E-state index is -0.739. The third kappa shape index (κ3) is 3.39. The van der Waals surface area contributed by atoms with Gasteiger partial charge in [-0.3, -0.25) is 10.1 Å². The number of carbonyl (C=O) groups excluding carboxylic acids is 1. The Morgan fingerprint density at radius 1 is 1.68 bits per heavy atom. The highest BCUT2D eigenvalue weighted by atomic mass is 35.5. The van der Waals surface area contributed by atoms with Gasteiger partial charge in [-0.1, -0.05) is 11.6 Å². The van der Waals surface area contributed by atoms with Crippen molar-refractivity contribution >= 4 is 23.3 Å². The number of esters is 1. The fourth-order valence-electron chi connectivity index (χ4n) is 1.70. The number of nitrogens with zero attached hydrogens (tertiary/aromatic N) is 2. The van der Waals surface area contributed by atoms with Crippen molar-refractivity contribution in [2.45, 2.75) is 18.9 Å². The molecule has 0 N–H and O–H groups in total. The fraction of sp³-hybridized carbons (Fsp3) is 0.455. The Kier molecular flexibility index (Phi) is 4.28. The first-order chi connectivity index (χ1) is 9.08. The lowest BCUT2D eigenvalue weighted by Crippen LogP contribution is -2.18. The van der Waals surface area contributed by atoms with E-state index in [0.717, 1.165) is 25.1 Å². The predicted octanol–water partition coefficient (Wildman–Crippen LogP) is 1.98. The number of rotatable bonds is 4. The number of pyridine rings is 1. The van der Waals surface area contributed by atoms with E-state index >= 15 is 0 Å². The van der Waals surface area contributed by atoms with Crippen LogP contribution in [0.25, 0.3) is 0 Å². The first-order valence-corrected chi connectivity index (χ1v) is 6.04. The minimum Gasteiger partial charge on any atom is -0.459 e. The first kappa shape index (κ1) is 13.7. The van der Waals surface area contributed by atoms with Crippen LogP contribution in [0.4, 0.5) is 5.69 Å². The molecule has 1 aromatic heterocycles. The second-order valence-electron chi connectivity index (χ2n) is 4.02. The molecule has 1 atom stereocenters. The molecule has 1 saturated heterocycles. The summed E-state index contributed by atoms with van der Waals surface area (Å²) >= 11 is 5.73. The fourth-order valence-corrected chi connectivity index (χ4v) is 1.88. The quantitative estimate of drug-likeness (QED) is 0.364. The topological polar surface area (TPSA) is 91.6 Å². The molecule has 0 bridgehead atoms. The second kappa shape index (κ2) is 5.94. The largest absolute Gasteiger partial charge is 0.459 e. The maximum Gasteiger partial charge on any atom is 0.341 e. The Labute approximate surface area is 113 Å². The van der Waals surface area contributed by atoms with Crippen LogP contribution in [0.15, 0.2) is 12.3 Å². The molecule has 1 fully saturated rings. The summed E-state index contributed by atoms with van der Waals surface area (Å²) < 4.78 is 10.3. The third-order valence-electron chi connectivity index (χ3n) is 2.68. The number of nitro groups is 1. The number of halogens is 1. The first-order valence-electron chi connectivity index (χ1n) is 5.66. The van der Waals surface area contributed by atoms with Crippen LogP contribution in [0.2, 0.25) is 5.15 Å². The van der Waals surface area contributed by atoms with Crippen LogP contribution in [0.3, 0.4) is 0 Å². The molecule has 0 aliphatic carbocycles. The average molecular weight is 287 g/mol. The van der Waals surface area contributed by atoms with Gasteiger partial charge in [-0.05, 0) is 12.8 Å². The van der Waals surface area contributed by atoms with Crippen LogP contribution in [0, 0.1) is 10.1 Å². The summed E-state index contributed by atoms with van der Waals surface area (Å²) in [5.74, 6) is -0.739. The molecule has 1 aliphatic rings. The molecule has 0 saturated carbocycles. The van der Waals surface area contributed by atoms with Gasteiger partial charge in [-0.2, -0.15) is 0 Å². The van der Waals surface area contributed by atoms with Gasteiger partial charge in [-0.25, -0.2) is 9.78 Å². The van der Waals surface area contributed by atoms with E-state index in [1.807, 2.05) is 0 Å². The Bertz CT molecular complexity index is 502. The summed E-state index contributed by atoms with van der Waals surface area (Å²) in [4.78, 5) is 25.3. The standard InChI is InChI=1S/C11H11ClN2O5/c12-10-9(4-7(5-13-10)14(16)17)11(15)19-6-8-2-1-3-18-8/h4-5,8H,1-3,6H2. The molecule has 1 unspecified atom stereocenters. The zero-order valence-corrected chi connectivity index (χ0v) is 10.6. The molecule has 1 aliphatic heterocycles. The lowest BCUT2D eigenvalue weighted by atomic mass is 10.2. The molecular weight excluding hydrogens is 276 g/mol. The van der Waals surface area contributed by atoms with Gasteiger partial charge in [0, 0.05) is 12.7 Å². The molecule has 2 rings (SSSR count).